The number of Topliss-reactive ketones (excluding diaryl/α,β-unsaturated/α-hetero) is 4. The number of amides is 4. The smallest absolute Gasteiger partial charge is 0.312 e. The number of nitrogens with one attached hydrogen (secondary N) is 8. The summed E-state index contributed by atoms with van der Waals surface area (Å²) in [6.07, 6.45) is 8.43. The van der Waals surface area contributed by atoms with Gasteiger partial charge >= 0.3 is 12.1 Å². The largest absolute Gasteiger partial charge is 0.361 e. The molecule has 0 radical (unpaired) electrons. The third kappa shape index (κ3) is 26.2. The summed E-state index contributed by atoms with van der Waals surface area (Å²) in [6.45, 7) is 32.9. The van der Waals surface area contributed by atoms with E-state index >= 15 is 0 Å². The molecule has 0 saturated heterocycles. The predicted octanol–water partition coefficient (Wildman–Crippen LogP) is 8.66. The van der Waals surface area contributed by atoms with Gasteiger partial charge < -0.3 is 53.3 Å². The Bertz CT molecular complexity index is 2120. The van der Waals surface area contributed by atoms with Crippen LogP contribution in [-0.4, -0.2) is 107 Å². The van der Waals surface area contributed by atoms with Crippen LogP contribution in [0.2, 0.25) is 0 Å². The number of aromatic nitrogens is 2. The SMILES string of the molecule is CC(C)N[C@@H](CCCNC(N)=O)C(=O)C(C)C.CC(C)N[C@@H](CCCNC(N)=O)C(=O)C(C)C.CC(C)N[C@@H](Cc1c[nH]c2ccccc12)C(=O)C(C)C.CC(C)N[C@@H](Cc1c[nH]c2ccccc12)C(=O)C(C)C. The summed E-state index contributed by atoms with van der Waals surface area (Å²) < 4.78 is 0. The van der Waals surface area contributed by atoms with Crippen LogP contribution in [0.25, 0.3) is 21.8 Å². The minimum atomic E-state index is -0.520. The van der Waals surface area contributed by atoms with E-state index < -0.39 is 12.1 Å². The average Bonchev–Trinajstić information content (AvgIpc) is 3.93. The molecule has 0 aliphatic rings. The van der Waals surface area contributed by atoms with Gasteiger partial charge in [0.15, 0.2) is 23.1 Å². The zero-order chi connectivity index (χ0) is 56.2. The Morgan fingerprint density at radius 3 is 0.959 bits per heavy atom. The summed E-state index contributed by atoms with van der Waals surface area (Å²) in [7, 11) is 0. The second-order valence-corrected chi connectivity index (χ2v) is 21.7. The van der Waals surface area contributed by atoms with E-state index in [-0.39, 0.29) is 83.1 Å². The number of aromatic amines is 2. The Labute approximate surface area is 444 Å². The van der Waals surface area contributed by atoms with Crippen molar-refractivity contribution in [3.8, 4) is 0 Å². The van der Waals surface area contributed by atoms with Gasteiger partial charge in [-0.05, 0) is 61.8 Å². The summed E-state index contributed by atoms with van der Waals surface area (Å²) in [5, 5.41) is 20.8. The molecule has 0 unspecified atom stereocenters. The van der Waals surface area contributed by atoms with Crippen LogP contribution < -0.4 is 43.4 Å². The zero-order valence-electron chi connectivity index (χ0n) is 48.0. The van der Waals surface area contributed by atoms with Crippen molar-refractivity contribution in [2.45, 2.75) is 198 Å². The fraction of sp³-hybridized carbons (Fsp3) is 0.621. The topological polar surface area (TPSA) is 258 Å². The molecule has 12 N–H and O–H groups in total. The molecule has 4 atom stereocenters. The Balaban J connectivity index is 0.000000495. The number of ketones is 4. The molecule has 4 rings (SSSR count). The van der Waals surface area contributed by atoms with Gasteiger partial charge in [0.05, 0.1) is 24.2 Å². The molecule has 2 heterocycles. The fourth-order valence-corrected chi connectivity index (χ4v) is 8.39. The highest BCUT2D eigenvalue weighted by molar-refractivity contribution is 5.90. The molecule has 0 fully saturated rings. The van der Waals surface area contributed by atoms with Crippen molar-refractivity contribution in [1.29, 1.82) is 0 Å². The molecule has 2 aromatic carbocycles. The van der Waals surface area contributed by atoms with Gasteiger partial charge in [-0.25, -0.2) is 9.59 Å². The van der Waals surface area contributed by atoms with Crippen LogP contribution in [0, 0.1) is 23.7 Å². The van der Waals surface area contributed by atoms with Crippen LogP contribution in [0.5, 0.6) is 0 Å². The number of primary amides is 2. The molecule has 74 heavy (non-hydrogen) atoms. The van der Waals surface area contributed by atoms with Gasteiger partial charge in [0.2, 0.25) is 0 Å². The summed E-state index contributed by atoms with van der Waals surface area (Å²) in [5.41, 5.74) is 14.6. The van der Waals surface area contributed by atoms with E-state index in [9.17, 15) is 28.8 Å². The van der Waals surface area contributed by atoms with Gasteiger partial charge in [-0.1, -0.05) is 147 Å². The van der Waals surface area contributed by atoms with E-state index in [4.69, 9.17) is 11.5 Å². The Hall–Kier alpha value is -5.42. The number of urea groups is 2. The standard InChI is InChI=1S/2C17H24N2O.2C12H25N3O2/c2*1-11(2)17(20)16(19-12(3)4)9-13-10-18-15-8-6-5-7-14(13)15;2*1-8(2)11(16)10(15-9(3)4)6-5-7-14-12(13)17/h2*5-8,10-12,16,18-19H,9H2,1-4H3;2*8-10,15H,5-7H2,1-4H3,(H3,13,14,17)/t2*16-;2*10-/m0000/s1. The number of rotatable bonds is 28. The van der Waals surface area contributed by atoms with Crippen LogP contribution in [0.3, 0.4) is 0 Å². The number of hydrogen-bond acceptors (Lipinski definition) is 10. The second kappa shape index (κ2) is 35.0. The average molecular weight is 1030 g/mol. The fourth-order valence-electron chi connectivity index (χ4n) is 8.39. The minimum absolute atomic E-state index is 0.0235. The molecule has 16 nitrogen and oxygen atoms in total. The summed E-state index contributed by atoms with van der Waals surface area (Å²) in [6, 6.07) is 16.0. The minimum Gasteiger partial charge on any atom is -0.361 e. The van der Waals surface area contributed by atoms with Crippen molar-refractivity contribution < 1.29 is 28.8 Å². The predicted molar refractivity (Wildman–Crippen MR) is 305 cm³/mol. The molecule has 0 aliphatic carbocycles. The molecular weight excluding hydrogens is 933 g/mol. The van der Waals surface area contributed by atoms with Gasteiger partial charge in [0.1, 0.15) is 0 Å². The van der Waals surface area contributed by atoms with Gasteiger partial charge in [-0.3, -0.25) is 19.2 Å². The number of carbonyl (C=O) groups excluding carboxylic acids is 6. The molecular formula is C58H98N10O6. The van der Waals surface area contributed by atoms with Gasteiger partial charge in [0.25, 0.3) is 0 Å². The van der Waals surface area contributed by atoms with Crippen LogP contribution in [-0.2, 0) is 32.0 Å². The normalized spacial score (nSPS) is 13.1. The first-order valence-corrected chi connectivity index (χ1v) is 27.0. The maximum absolute atomic E-state index is 12.4. The van der Waals surface area contributed by atoms with Crippen molar-refractivity contribution >= 4 is 57.0 Å². The molecule has 4 amide bonds. The molecule has 0 spiro atoms. The lowest BCUT2D eigenvalue weighted by molar-refractivity contribution is -0.125. The monoisotopic (exact) mass is 1030 g/mol. The van der Waals surface area contributed by atoms with Gasteiger partial charge in [-0.2, -0.15) is 0 Å². The number of H-pyrrole nitrogens is 2. The van der Waals surface area contributed by atoms with E-state index in [0.29, 0.717) is 25.2 Å². The van der Waals surface area contributed by atoms with Crippen LogP contribution in [0.4, 0.5) is 9.59 Å². The number of hydrogen-bond donors (Lipinski definition) is 10. The number of carbonyl (C=O) groups is 6. The van der Waals surface area contributed by atoms with Crippen molar-refractivity contribution in [1.82, 2.24) is 41.9 Å². The maximum atomic E-state index is 12.4. The van der Waals surface area contributed by atoms with Crippen LogP contribution in [0.15, 0.2) is 60.9 Å². The van der Waals surface area contributed by atoms with Crippen molar-refractivity contribution in [3.63, 3.8) is 0 Å². The first-order chi connectivity index (χ1) is 34.7. The molecule has 416 valence electrons. The third-order valence-electron chi connectivity index (χ3n) is 11.9. The lowest BCUT2D eigenvalue weighted by atomic mass is 9.95. The van der Waals surface area contributed by atoms with Crippen molar-refractivity contribution in [2.24, 2.45) is 35.1 Å². The molecule has 0 saturated carbocycles. The Kier molecular flexibility index (Phi) is 31.5. The molecule has 2 aromatic heterocycles. The first kappa shape index (κ1) is 66.6. The lowest BCUT2D eigenvalue weighted by Crippen LogP contribution is -2.44. The molecule has 0 aliphatic heterocycles. The van der Waals surface area contributed by atoms with Crippen LogP contribution in [0.1, 0.15) is 148 Å². The van der Waals surface area contributed by atoms with Crippen molar-refractivity contribution in [2.75, 3.05) is 13.1 Å². The zero-order valence-corrected chi connectivity index (χ0v) is 48.0. The maximum Gasteiger partial charge on any atom is 0.312 e. The first-order valence-electron chi connectivity index (χ1n) is 27.0. The van der Waals surface area contributed by atoms with E-state index in [1.165, 1.54) is 21.9 Å². The second-order valence-electron chi connectivity index (χ2n) is 21.7. The van der Waals surface area contributed by atoms with E-state index in [0.717, 1.165) is 49.6 Å². The number of benzene rings is 2. The van der Waals surface area contributed by atoms with Crippen LogP contribution >= 0.6 is 0 Å². The third-order valence-corrected chi connectivity index (χ3v) is 11.9. The number of nitrogens with two attached hydrogens (primary N) is 2. The molecule has 16 heteroatoms. The number of para-hydroxylation sites is 2. The Morgan fingerprint density at radius 2 is 0.689 bits per heavy atom. The van der Waals surface area contributed by atoms with E-state index in [1.54, 1.807) is 0 Å². The van der Waals surface area contributed by atoms with E-state index in [1.807, 2.05) is 120 Å². The van der Waals surface area contributed by atoms with E-state index in [2.05, 4.69) is 93.8 Å². The highest BCUT2D eigenvalue weighted by atomic mass is 16.2. The number of fused-ring (bicyclic) bond motifs is 2. The van der Waals surface area contributed by atoms with Crippen molar-refractivity contribution in [3.05, 3.63) is 72.1 Å². The highest BCUT2D eigenvalue weighted by Gasteiger charge is 2.26. The highest BCUT2D eigenvalue weighted by Crippen LogP contribution is 2.22. The quantitative estimate of drug-likeness (QED) is 0.0242. The summed E-state index contributed by atoms with van der Waals surface area (Å²) in [5.74, 6) is 1.15. The van der Waals surface area contributed by atoms with Gasteiger partial charge in [-0.15, -0.1) is 0 Å². The Morgan fingerprint density at radius 1 is 0.419 bits per heavy atom. The summed E-state index contributed by atoms with van der Waals surface area (Å²) >= 11 is 0. The molecule has 0 bridgehead atoms. The lowest BCUT2D eigenvalue weighted by Gasteiger charge is -2.21. The summed E-state index contributed by atoms with van der Waals surface area (Å²) in [4.78, 5) is 76.1. The van der Waals surface area contributed by atoms with Gasteiger partial charge in [0, 0.05) is 95.1 Å². The molecule has 4 aromatic rings.